The van der Waals surface area contributed by atoms with Gasteiger partial charge in [0, 0.05) is 18.7 Å². The lowest BCUT2D eigenvalue weighted by molar-refractivity contribution is -0.137. The Hall–Kier alpha value is -2.09. The predicted octanol–water partition coefficient (Wildman–Crippen LogP) is 2.10. The minimum atomic E-state index is -4.39. The molecule has 24 heavy (non-hydrogen) atoms. The second-order valence-corrected chi connectivity index (χ2v) is 5.79. The van der Waals surface area contributed by atoms with E-state index >= 15 is 0 Å². The van der Waals surface area contributed by atoms with Gasteiger partial charge >= 0.3 is 6.18 Å². The van der Waals surface area contributed by atoms with E-state index in [2.05, 4.69) is 10.6 Å². The van der Waals surface area contributed by atoms with Gasteiger partial charge in [0.25, 0.3) is 0 Å². The lowest BCUT2D eigenvalue weighted by Crippen LogP contribution is -2.42. The van der Waals surface area contributed by atoms with Crippen molar-refractivity contribution in [3.63, 3.8) is 0 Å². The van der Waals surface area contributed by atoms with E-state index in [1.54, 1.807) is 7.05 Å². The molecule has 1 aliphatic heterocycles. The van der Waals surface area contributed by atoms with Crippen LogP contribution in [0.25, 0.3) is 0 Å². The molecule has 1 aromatic carbocycles. The molecule has 0 radical (unpaired) electrons. The van der Waals surface area contributed by atoms with E-state index in [9.17, 15) is 22.8 Å². The molecule has 1 saturated heterocycles. The van der Waals surface area contributed by atoms with Crippen molar-refractivity contribution < 1.29 is 22.8 Å². The SMILES string of the molecule is CNC(=O)C1CCN(CC(=O)Nc2ccc(C(F)(F)F)cc2)CC1. The van der Waals surface area contributed by atoms with Crippen LogP contribution < -0.4 is 10.6 Å². The zero-order valence-electron chi connectivity index (χ0n) is 13.3. The summed E-state index contributed by atoms with van der Waals surface area (Å²) < 4.78 is 37.4. The molecule has 0 unspecified atom stereocenters. The summed E-state index contributed by atoms with van der Waals surface area (Å²) in [5.41, 5.74) is -0.426. The van der Waals surface area contributed by atoms with Gasteiger partial charge in [-0.25, -0.2) is 0 Å². The van der Waals surface area contributed by atoms with Gasteiger partial charge in [-0.3, -0.25) is 14.5 Å². The quantitative estimate of drug-likeness (QED) is 0.880. The first-order valence-electron chi connectivity index (χ1n) is 7.70. The maximum atomic E-state index is 12.5. The third-order valence-corrected chi connectivity index (χ3v) is 4.07. The van der Waals surface area contributed by atoms with Crippen LogP contribution in [0.5, 0.6) is 0 Å². The maximum absolute atomic E-state index is 12.5. The Balaban J connectivity index is 1.81. The maximum Gasteiger partial charge on any atom is 0.416 e. The van der Waals surface area contributed by atoms with Crippen LogP contribution in [0.4, 0.5) is 18.9 Å². The number of anilines is 1. The number of alkyl halides is 3. The van der Waals surface area contributed by atoms with Gasteiger partial charge in [-0.2, -0.15) is 13.2 Å². The highest BCUT2D eigenvalue weighted by Gasteiger charge is 2.30. The summed E-state index contributed by atoms with van der Waals surface area (Å²) in [6.45, 7) is 1.43. The van der Waals surface area contributed by atoms with E-state index in [1.807, 2.05) is 4.90 Å². The van der Waals surface area contributed by atoms with Crippen LogP contribution in [0, 0.1) is 5.92 Å². The van der Waals surface area contributed by atoms with E-state index < -0.39 is 11.7 Å². The molecule has 132 valence electrons. The predicted molar refractivity (Wildman–Crippen MR) is 83.3 cm³/mol. The molecule has 2 rings (SSSR count). The average molecular weight is 343 g/mol. The molecule has 0 saturated carbocycles. The summed E-state index contributed by atoms with van der Waals surface area (Å²) in [6.07, 6.45) is -3.02. The number of benzene rings is 1. The summed E-state index contributed by atoms with van der Waals surface area (Å²) in [4.78, 5) is 25.5. The molecule has 1 aromatic rings. The molecule has 5 nitrogen and oxygen atoms in total. The Morgan fingerprint density at radius 2 is 1.75 bits per heavy atom. The lowest BCUT2D eigenvalue weighted by Gasteiger charge is -2.30. The Labute approximate surface area is 138 Å². The number of hydrogen-bond donors (Lipinski definition) is 2. The van der Waals surface area contributed by atoms with Crippen molar-refractivity contribution in [2.45, 2.75) is 19.0 Å². The number of carbonyl (C=O) groups is 2. The fraction of sp³-hybridized carbons (Fsp3) is 0.500. The number of nitrogens with one attached hydrogen (secondary N) is 2. The van der Waals surface area contributed by atoms with Crippen LogP contribution in [0.2, 0.25) is 0 Å². The minimum absolute atomic E-state index is 0.0175. The van der Waals surface area contributed by atoms with Crippen LogP contribution in [0.1, 0.15) is 18.4 Å². The molecule has 8 heteroatoms. The van der Waals surface area contributed by atoms with Gasteiger partial charge in [0.15, 0.2) is 0 Å². The van der Waals surface area contributed by atoms with Crippen molar-refractivity contribution in [2.75, 3.05) is 32.0 Å². The van der Waals surface area contributed by atoms with Gasteiger partial charge in [-0.15, -0.1) is 0 Å². The van der Waals surface area contributed by atoms with Crippen molar-refractivity contribution in [3.05, 3.63) is 29.8 Å². The van der Waals surface area contributed by atoms with Crippen molar-refractivity contribution in [1.29, 1.82) is 0 Å². The van der Waals surface area contributed by atoms with Crippen molar-refractivity contribution in [3.8, 4) is 0 Å². The molecule has 0 bridgehead atoms. The summed E-state index contributed by atoms with van der Waals surface area (Å²) in [6, 6.07) is 4.34. The first-order chi connectivity index (χ1) is 11.3. The minimum Gasteiger partial charge on any atom is -0.359 e. The highest BCUT2D eigenvalue weighted by atomic mass is 19.4. The third kappa shape index (κ3) is 4.95. The molecule has 1 fully saturated rings. The van der Waals surface area contributed by atoms with E-state index in [4.69, 9.17) is 0 Å². The van der Waals surface area contributed by atoms with Crippen LogP contribution >= 0.6 is 0 Å². The van der Waals surface area contributed by atoms with Crippen LogP contribution in [0.3, 0.4) is 0 Å². The third-order valence-electron chi connectivity index (χ3n) is 4.07. The zero-order chi connectivity index (χ0) is 17.7. The highest BCUT2D eigenvalue weighted by Crippen LogP contribution is 2.29. The number of piperidine rings is 1. The number of nitrogens with zero attached hydrogens (tertiary/aromatic N) is 1. The Morgan fingerprint density at radius 1 is 1.17 bits per heavy atom. The molecular formula is C16H20F3N3O2. The number of hydrogen-bond acceptors (Lipinski definition) is 3. The van der Waals surface area contributed by atoms with Crippen LogP contribution in [0.15, 0.2) is 24.3 Å². The van der Waals surface area contributed by atoms with Gasteiger partial charge in [0.1, 0.15) is 0 Å². The molecule has 1 heterocycles. The highest BCUT2D eigenvalue weighted by molar-refractivity contribution is 5.92. The second-order valence-electron chi connectivity index (χ2n) is 5.79. The first kappa shape index (κ1) is 18.3. The van der Waals surface area contributed by atoms with Gasteiger partial charge in [0.05, 0.1) is 12.1 Å². The molecule has 0 atom stereocenters. The van der Waals surface area contributed by atoms with Gasteiger partial charge < -0.3 is 10.6 Å². The Kier molecular flexibility index (Phi) is 5.82. The van der Waals surface area contributed by atoms with Crippen LogP contribution in [-0.2, 0) is 15.8 Å². The molecule has 2 N–H and O–H groups in total. The van der Waals surface area contributed by atoms with E-state index in [0.717, 1.165) is 12.1 Å². The molecule has 0 aliphatic carbocycles. The van der Waals surface area contributed by atoms with E-state index in [-0.39, 0.29) is 24.3 Å². The van der Waals surface area contributed by atoms with E-state index in [0.29, 0.717) is 31.6 Å². The fourth-order valence-corrected chi connectivity index (χ4v) is 2.70. The normalized spacial score (nSPS) is 16.7. The largest absolute Gasteiger partial charge is 0.416 e. The number of likely N-dealkylation sites (tertiary alicyclic amines) is 1. The van der Waals surface area contributed by atoms with Crippen LogP contribution in [-0.4, -0.2) is 43.4 Å². The van der Waals surface area contributed by atoms with Crippen molar-refractivity contribution in [1.82, 2.24) is 10.2 Å². The summed E-state index contributed by atoms with van der Waals surface area (Å²) in [5, 5.41) is 5.21. The summed E-state index contributed by atoms with van der Waals surface area (Å²) in [7, 11) is 1.60. The second kappa shape index (κ2) is 7.65. The smallest absolute Gasteiger partial charge is 0.359 e. The van der Waals surface area contributed by atoms with E-state index in [1.165, 1.54) is 12.1 Å². The van der Waals surface area contributed by atoms with Gasteiger partial charge in [0.2, 0.25) is 11.8 Å². The molecule has 0 spiro atoms. The van der Waals surface area contributed by atoms with Crippen molar-refractivity contribution in [2.24, 2.45) is 5.92 Å². The number of carbonyl (C=O) groups excluding carboxylic acids is 2. The molecule has 0 aromatic heterocycles. The van der Waals surface area contributed by atoms with Gasteiger partial charge in [-0.1, -0.05) is 0 Å². The number of amides is 2. The topological polar surface area (TPSA) is 61.4 Å². The molecule has 2 amide bonds. The molecule has 1 aliphatic rings. The monoisotopic (exact) mass is 343 g/mol. The Bertz CT molecular complexity index is 579. The first-order valence-corrected chi connectivity index (χ1v) is 7.70. The van der Waals surface area contributed by atoms with Crippen molar-refractivity contribution >= 4 is 17.5 Å². The standard InChI is InChI=1S/C16H20F3N3O2/c1-20-15(24)11-6-8-22(9-7-11)10-14(23)21-13-4-2-12(3-5-13)16(17,18)19/h2-5,11H,6-10H2,1H3,(H,20,24)(H,21,23). The summed E-state index contributed by atoms with van der Waals surface area (Å²) >= 11 is 0. The zero-order valence-corrected chi connectivity index (χ0v) is 13.3. The summed E-state index contributed by atoms with van der Waals surface area (Å²) in [5.74, 6) is -0.291. The van der Waals surface area contributed by atoms with Gasteiger partial charge in [-0.05, 0) is 50.2 Å². The fourth-order valence-electron chi connectivity index (χ4n) is 2.70. The Morgan fingerprint density at radius 3 is 2.25 bits per heavy atom. The number of halogens is 3. The average Bonchev–Trinajstić information content (AvgIpc) is 2.54. The lowest BCUT2D eigenvalue weighted by atomic mass is 9.96. The molecular weight excluding hydrogens is 323 g/mol. The number of rotatable bonds is 4.